The molecular formula is C23H23N3O5S2. The highest BCUT2D eigenvalue weighted by Crippen LogP contribution is 2.27. The van der Waals surface area contributed by atoms with Crippen LogP contribution in [0, 0.1) is 24.0 Å². The number of carbonyl (C=O) groups excluding carboxylic acids is 1. The normalized spacial score (nSPS) is 11.1. The van der Waals surface area contributed by atoms with Gasteiger partial charge in [0.15, 0.2) is 0 Å². The summed E-state index contributed by atoms with van der Waals surface area (Å²) in [6.45, 7) is 3.07. The number of sulfonamides is 1. The molecule has 33 heavy (non-hydrogen) atoms. The average molecular weight is 486 g/mol. The minimum absolute atomic E-state index is 0.0557. The summed E-state index contributed by atoms with van der Waals surface area (Å²) in [4.78, 5) is 24.4. The number of anilines is 2. The van der Waals surface area contributed by atoms with Crippen molar-refractivity contribution in [1.29, 1.82) is 0 Å². The predicted octanol–water partition coefficient (Wildman–Crippen LogP) is 4.77. The summed E-state index contributed by atoms with van der Waals surface area (Å²) < 4.78 is 28.0. The van der Waals surface area contributed by atoms with Crippen molar-refractivity contribution in [3.05, 3.63) is 88.0 Å². The molecule has 0 bridgehead atoms. The third-order valence-corrected chi connectivity index (χ3v) is 7.49. The van der Waals surface area contributed by atoms with Gasteiger partial charge in [-0.15, -0.1) is 11.8 Å². The second-order valence-electron chi connectivity index (χ2n) is 7.33. The van der Waals surface area contributed by atoms with Crippen LogP contribution in [-0.2, 0) is 14.8 Å². The SMILES string of the molecule is CSc1ccc(S(=O)(=O)N(CC(=O)Nc2cc([N+](=O)[O-])ccc2C)c2ccc(C)cc2)cc1. The van der Waals surface area contributed by atoms with Crippen molar-refractivity contribution in [2.24, 2.45) is 0 Å². The fraction of sp³-hybridized carbons (Fsp3) is 0.174. The molecule has 0 heterocycles. The molecule has 0 saturated heterocycles. The van der Waals surface area contributed by atoms with Crippen molar-refractivity contribution < 1.29 is 18.1 Å². The van der Waals surface area contributed by atoms with E-state index in [1.165, 1.54) is 42.1 Å². The number of nitrogens with zero attached hydrogens (tertiary/aromatic N) is 2. The minimum atomic E-state index is -4.06. The lowest BCUT2D eigenvalue weighted by atomic mass is 10.2. The second kappa shape index (κ2) is 10.1. The lowest BCUT2D eigenvalue weighted by Crippen LogP contribution is -2.38. The number of carbonyl (C=O) groups is 1. The lowest BCUT2D eigenvalue weighted by Gasteiger charge is -2.24. The van der Waals surface area contributed by atoms with E-state index in [9.17, 15) is 23.3 Å². The first kappa shape index (κ1) is 24.3. The molecule has 0 radical (unpaired) electrons. The largest absolute Gasteiger partial charge is 0.324 e. The molecule has 0 aliphatic carbocycles. The van der Waals surface area contributed by atoms with E-state index >= 15 is 0 Å². The summed E-state index contributed by atoms with van der Waals surface area (Å²) in [5.41, 5.74) is 1.97. The fourth-order valence-corrected chi connectivity index (χ4v) is 4.91. The number of benzene rings is 3. The Morgan fingerprint density at radius 1 is 1.03 bits per heavy atom. The van der Waals surface area contributed by atoms with Crippen molar-refractivity contribution in [2.45, 2.75) is 23.6 Å². The summed E-state index contributed by atoms with van der Waals surface area (Å²) >= 11 is 1.49. The Morgan fingerprint density at radius 2 is 1.67 bits per heavy atom. The summed E-state index contributed by atoms with van der Waals surface area (Å²) in [6.07, 6.45) is 1.89. The summed E-state index contributed by atoms with van der Waals surface area (Å²) in [5.74, 6) is -0.622. The summed E-state index contributed by atoms with van der Waals surface area (Å²) in [6, 6.07) is 17.3. The van der Waals surface area contributed by atoms with E-state index in [0.29, 0.717) is 11.3 Å². The molecular weight excluding hydrogens is 462 g/mol. The van der Waals surface area contributed by atoms with Crippen molar-refractivity contribution in [1.82, 2.24) is 0 Å². The summed E-state index contributed by atoms with van der Waals surface area (Å²) in [7, 11) is -4.06. The Bertz CT molecular complexity index is 1270. The number of nitro benzene ring substituents is 1. The molecule has 172 valence electrons. The number of thioether (sulfide) groups is 1. The van der Waals surface area contributed by atoms with Crippen LogP contribution >= 0.6 is 11.8 Å². The zero-order valence-electron chi connectivity index (χ0n) is 18.3. The van der Waals surface area contributed by atoms with E-state index in [1.807, 2.05) is 13.2 Å². The topological polar surface area (TPSA) is 110 Å². The van der Waals surface area contributed by atoms with Gasteiger partial charge < -0.3 is 5.32 Å². The molecule has 0 atom stereocenters. The Kier molecular flexibility index (Phi) is 7.39. The van der Waals surface area contributed by atoms with Crippen LogP contribution in [0.25, 0.3) is 0 Å². The molecule has 0 aliphatic heterocycles. The van der Waals surface area contributed by atoms with E-state index in [2.05, 4.69) is 5.32 Å². The number of aryl methyl sites for hydroxylation is 2. The highest BCUT2D eigenvalue weighted by Gasteiger charge is 2.27. The summed E-state index contributed by atoms with van der Waals surface area (Å²) in [5, 5.41) is 13.7. The lowest BCUT2D eigenvalue weighted by molar-refractivity contribution is -0.384. The van der Waals surface area contributed by atoms with Gasteiger partial charge in [0, 0.05) is 17.0 Å². The van der Waals surface area contributed by atoms with Gasteiger partial charge in [-0.2, -0.15) is 0 Å². The van der Waals surface area contributed by atoms with E-state index in [1.54, 1.807) is 43.3 Å². The van der Waals surface area contributed by atoms with E-state index in [0.717, 1.165) is 14.8 Å². The number of nitro groups is 1. The van der Waals surface area contributed by atoms with Crippen LogP contribution < -0.4 is 9.62 Å². The van der Waals surface area contributed by atoms with Crippen LogP contribution in [0.5, 0.6) is 0 Å². The van der Waals surface area contributed by atoms with Gasteiger partial charge in [0.05, 0.1) is 21.2 Å². The molecule has 0 spiro atoms. The highest BCUT2D eigenvalue weighted by molar-refractivity contribution is 7.98. The molecule has 0 aromatic heterocycles. The van der Waals surface area contributed by atoms with E-state index in [4.69, 9.17) is 0 Å². The van der Waals surface area contributed by atoms with Crippen molar-refractivity contribution in [2.75, 3.05) is 22.4 Å². The van der Waals surface area contributed by atoms with Crippen molar-refractivity contribution in [3.8, 4) is 0 Å². The van der Waals surface area contributed by atoms with Crippen LogP contribution in [0.15, 0.2) is 76.5 Å². The van der Waals surface area contributed by atoms with Crippen LogP contribution in [0.1, 0.15) is 11.1 Å². The van der Waals surface area contributed by atoms with Crippen LogP contribution in [0.2, 0.25) is 0 Å². The Labute approximate surface area is 196 Å². The third kappa shape index (κ3) is 5.71. The third-order valence-electron chi connectivity index (χ3n) is 4.96. The minimum Gasteiger partial charge on any atom is -0.324 e. The molecule has 3 aromatic rings. The first-order chi connectivity index (χ1) is 15.6. The Hall–Kier alpha value is -3.37. The zero-order valence-corrected chi connectivity index (χ0v) is 19.9. The first-order valence-corrected chi connectivity index (χ1v) is 12.6. The van der Waals surface area contributed by atoms with E-state index in [-0.39, 0.29) is 16.3 Å². The highest BCUT2D eigenvalue weighted by atomic mass is 32.2. The Balaban J connectivity index is 1.95. The average Bonchev–Trinajstić information content (AvgIpc) is 2.79. The maximum Gasteiger partial charge on any atom is 0.271 e. The standard InChI is InChI=1S/C23H23N3O5S2/c1-16-4-7-18(8-5-16)25(33(30,31)21-12-10-20(32-3)11-13-21)15-23(27)24-22-14-19(26(28)29)9-6-17(22)2/h4-14H,15H2,1-3H3,(H,24,27). The molecule has 1 amide bonds. The molecule has 10 heteroatoms. The van der Waals surface area contributed by atoms with Gasteiger partial charge in [-0.3, -0.25) is 19.2 Å². The fourth-order valence-electron chi connectivity index (χ4n) is 3.08. The second-order valence-corrected chi connectivity index (χ2v) is 10.1. The number of nitrogens with one attached hydrogen (secondary N) is 1. The number of hydrogen-bond acceptors (Lipinski definition) is 6. The van der Waals surface area contributed by atoms with Crippen molar-refractivity contribution >= 4 is 44.8 Å². The van der Waals surface area contributed by atoms with Crippen LogP contribution in [0.4, 0.5) is 17.1 Å². The van der Waals surface area contributed by atoms with E-state index < -0.39 is 27.4 Å². The van der Waals surface area contributed by atoms with Crippen LogP contribution in [0.3, 0.4) is 0 Å². The molecule has 1 N–H and O–H groups in total. The maximum atomic E-state index is 13.5. The molecule has 0 unspecified atom stereocenters. The van der Waals surface area contributed by atoms with Gasteiger partial charge in [-0.05, 0) is 62.1 Å². The van der Waals surface area contributed by atoms with Crippen LogP contribution in [-0.4, -0.2) is 32.0 Å². The first-order valence-electron chi connectivity index (χ1n) is 9.90. The van der Waals surface area contributed by atoms with Gasteiger partial charge >= 0.3 is 0 Å². The maximum absolute atomic E-state index is 13.5. The number of amides is 1. The smallest absolute Gasteiger partial charge is 0.271 e. The number of rotatable bonds is 8. The predicted molar refractivity (Wildman–Crippen MR) is 130 cm³/mol. The molecule has 3 aromatic carbocycles. The molecule has 8 nitrogen and oxygen atoms in total. The zero-order chi connectivity index (χ0) is 24.2. The molecule has 0 fully saturated rings. The molecule has 0 saturated carbocycles. The van der Waals surface area contributed by atoms with Gasteiger partial charge in [0.25, 0.3) is 15.7 Å². The molecule has 3 rings (SSSR count). The van der Waals surface area contributed by atoms with Gasteiger partial charge in [0.2, 0.25) is 5.91 Å². The quantitative estimate of drug-likeness (QED) is 0.280. The molecule has 0 aliphatic rings. The Morgan fingerprint density at radius 3 is 2.24 bits per heavy atom. The number of hydrogen-bond donors (Lipinski definition) is 1. The number of non-ortho nitro benzene ring substituents is 1. The van der Waals surface area contributed by atoms with Crippen molar-refractivity contribution in [3.63, 3.8) is 0 Å². The monoisotopic (exact) mass is 485 g/mol. The van der Waals surface area contributed by atoms with Gasteiger partial charge in [0.1, 0.15) is 6.54 Å². The van der Waals surface area contributed by atoms with Gasteiger partial charge in [-0.25, -0.2) is 8.42 Å². The van der Waals surface area contributed by atoms with Gasteiger partial charge in [-0.1, -0.05) is 23.8 Å².